The summed E-state index contributed by atoms with van der Waals surface area (Å²) in [4.78, 5) is 11.6. The van der Waals surface area contributed by atoms with Crippen molar-refractivity contribution in [1.29, 1.82) is 0 Å². The highest BCUT2D eigenvalue weighted by molar-refractivity contribution is 5.87. The number of fused-ring (bicyclic) bond motifs is 1. The zero-order valence-corrected chi connectivity index (χ0v) is 15.8. The summed E-state index contributed by atoms with van der Waals surface area (Å²) in [6, 6.07) is 4.40. The zero-order valence-electron chi connectivity index (χ0n) is 15.8. The van der Waals surface area contributed by atoms with Gasteiger partial charge in [0.15, 0.2) is 0 Å². The normalized spacial score (nSPS) is 13.2. The standard InChI is InChI=1S/C21H19F4NO4/c1-2-19(28)26-10-12-8-16(20-15(17(12)11-27)4-3-7-29-20)14-6-5-13(9-18(14)22)30-21(23,24)25/h2,5-6,8-9,27H,1,3-4,7,10-11H2,(H,26,28). The van der Waals surface area contributed by atoms with Gasteiger partial charge in [-0.15, -0.1) is 13.2 Å². The van der Waals surface area contributed by atoms with Crippen molar-refractivity contribution in [2.24, 2.45) is 0 Å². The summed E-state index contributed by atoms with van der Waals surface area (Å²) < 4.78 is 61.4. The van der Waals surface area contributed by atoms with E-state index in [2.05, 4.69) is 16.6 Å². The van der Waals surface area contributed by atoms with E-state index < -0.39 is 23.8 Å². The van der Waals surface area contributed by atoms with Gasteiger partial charge in [-0.1, -0.05) is 6.58 Å². The summed E-state index contributed by atoms with van der Waals surface area (Å²) in [5.74, 6) is -1.66. The van der Waals surface area contributed by atoms with Crippen LogP contribution < -0.4 is 14.8 Å². The van der Waals surface area contributed by atoms with E-state index in [9.17, 15) is 27.5 Å². The van der Waals surface area contributed by atoms with Crippen molar-refractivity contribution in [1.82, 2.24) is 5.32 Å². The van der Waals surface area contributed by atoms with Crippen LogP contribution in [0.1, 0.15) is 23.1 Å². The summed E-state index contributed by atoms with van der Waals surface area (Å²) in [5.41, 5.74) is 2.13. The summed E-state index contributed by atoms with van der Waals surface area (Å²) in [6.07, 6.45) is -2.59. The molecule has 0 aromatic heterocycles. The highest BCUT2D eigenvalue weighted by Crippen LogP contribution is 2.42. The minimum atomic E-state index is -4.93. The van der Waals surface area contributed by atoms with E-state index in [1.165, 1.54) is 6.07 Å². The van der Waals surface area contributed by atoms with Gasteiger partial charge in [0.1, 0.15) is 17.3 Å². The second kappa shape index (κ2) is 8.74. The molecule has 1 heterocycles. The lowest BCUT2D eigenvalue weighted by atomic mass is 9.89. The van der Waals surface area contributed by atoms with Gasteiger partial charge in [-0.3, -0.25) is 4.79 Å². The van der Waals surface area contributed by atoms with Crippen LogP contribution in [0, 0.1) is 5.82 Å². The molecule has 2 aromatic rings. The molecule has 1 aliphatic rings. The first kappa shape index (κ1) is 21.6. The molecule has 1 aliphatic heterocycles. The number of amides is 1. The van der Waals surface area contributed by atoms with Crippen LogP contribution in [-0.2, 0) is 24.4 Å². The molecule has 2 N–H and O–H groups in total. The van der Waals surface area contributed by atoms with Crippen molar-refractivity contribution < 1.29 is 36.9 Å². The predicted molar refractivity (Wildman–Crippen MR) is 100 cm³/mol. The highest BCUT2D eigenvalue weighted by Gasteiger charge is 2.31. The number of aliphatic hydroxyl groups excluding tert-OH is 1. The topological polar surface area (TPSA) is 67.8 Å². The second-order valence-electron chi connectivity index (χ2n) is 6.59. The SMILES string of the molecule is C=CC(=O)NCc1cc(-c2ccc(OC(F)(F)F)cc2F)c2c(c1CO)CCCO2. The van der Waals surface area contributed by atoms with Crippen LogP contribution in [0.3, 0.4) is 0 Å². The minimum absolute atomic E-state index is 0.0171. The van der Waals surface area contributed by atoms with Crippen LogP contribution in [0.15, 0.2) is 36.9 Å². The third-order valence-corrected chi connectivity index (χ3v) is 4.67. The maximum absolute atomic E-state index is 14.7. The van der Waals surface area contributed by atoms with Crippen LogP contribution in [0.4, 0.5) is 17.6 Å². The predicted octanol–water partition coefficient (Wildman–Crippen LogP) is 4.01. The average molecular weight is 425 g/mol. The summed E-state index contributed by atoms with van der Waals surface area (Å²) in [7, 11) is 0. The Bertz CT molecular complexity index is 972. The first-order valence-corrected chi connectivity index (χ1v) is 9.10. The second-order valence-corrected chi connectivity index (χ2v) is 6.59. The van der Waals surface area contributed by atoms with E-state index >= 15 is 0 Å². The third kappa shape index (κ3) is 4.73. The first-order valence-electron chi connectivity index (χ1n) is 9.10. The van der Waals surface area contributed by atoms with Gasteiger partial charge in [0.25, 0.3) is 0 Å². The molecule has 160 valence electrons. The number of hydrogen-bond acceptors (Lipinski definition) is 4. The fraction of sp³-hybridized carbons (Fsp3) is 0.286. The number of benzene rings is 2. The van der Waals surface area contributed by atoms with Gasteiger partial charge >= 0.3 is 6.36 Å². The lowest BCUT2D eigenvalue weighted by Crippen LogP contribution is -2.22. The molecule has 2 aromatic carbocycles. The van der Waals surface area contributed by atoms with Crippen LogP contribution in [0.5, 0.6) is 11.5 Å². The maximum atomic E-state index is 14.7. The van der Waals surface area contributed by atoms with Crippen molar-refractivity contribution in [2.45, 2.75) is 32.4 Å². The number of hydrogen-bond donors (Lipinski definition) is 2. The Hall–Kier alpha value is -3.07. The molecule has 30 heavy (non-hydrogen) atoms. The van der Waals surface area contributed by atoms with Crippen molar-refractivity contribution in [3.63, 3.8) is 0 Å². The molecule has 0 aliphatic carbocycles. The molecular formula is C21H19F4NO4. The highest BCUT2D eigenvalue weighted by atomic mass is 19.4. The molecule has 0 bridgehead atoms. The molecule has 9 heteroatoms. The van der Waals surface area contributed by atoms with Gasteiger partial charge in [-0.05, 0) is 48.2 Å². The van der Waals surface area contributed by atoms with Crippen molar-refractivity contribution in [3.8, 4) is 22.6 Å². The van der Waals surface area contributed by atoms with E-state index in [0.717, 1.165) is 12.1 Å². The van der Waals surface area contributed by atoms with Crippen LogP contribution in [-0.4, -0.2) is 24.0 Å². The first-order chi connectivity index (χ1) is 14.2. The molecule has 0 spiro atoms. The van der Waals surface area contributed by atoms with Crippen molar-refractivity contribution >= 4 is 5.91 Å². The average Bonchev–Trinajstić information content (AvgIpc) is 2.70. The zero-order chi connectivity index (χ0) is 21.9. The summed E-state index contributed by atoms with van der Waals surface area (Å²) in [5, 5.41) is 12.5. The van der Waals surface area contributed by atoms with Crippen molar-refractivity contribution in [2.75, 3.05) is 6.61 Å². The smallest absolute Gasteiger partial charge is 0.493 e. The molecule has 5 nitrogen and oxygen atoms in total. The quantitative estimate of drug-likeness (QED) is 0.542. The number of alkyl halides is 3. The van der Waals surface area contributed by atoms with Gasteiger partial charge in [-0.2, -0.15) is 0 Å². The Balaban J connectivity index is 2.09. The van der Waals surface area contributed by atoms with E-state index in [1.807, 2.05) is 0 Å². The summed E-state index contributed by atoms with van der Waals surface area (Å²) >= 11 is 0. The molecule has 0 fully saturated rings. The minimum Gasteiger partial charge on any atom is -0.493 e. The number of nitrogens with one attached hydrogen (secondary N) is 1. The van der Waals surface area contributed by atoms with Gasteiger partial charge in [0, 0.05) is 29.3 Å². The fourth-order valence-electron chi connectivity index (χ4n) is 3.39. The molecular weight excluding hydrogens is 406 g/mol. The molecule has 0 atom stereocenters. The molecule has 3 rings (SSSR count). The van der Waals surface area contributed by atoms with Gasteiger partial charge < -0.3 is 19.9 Å². The lowest BCUT2D eigenvalue weighted by Gasteiger charge is -2.25. The Kier molecular flexibility index (Phi) is 6.31. The van der Waals surface area contributed by atoms with E-state index in [4.69, 9.17) is 4.74 Å². The molecule has 0 saturated carbocycles. The fourth-order valence-corrected chi connectivity index (χ4v) is 3.39. The third-order valence-electron chi connectivity index (χ3n) is 4.67. The van der Waals surface area contributed by atoms with Crippen LogP contribution in [0.2, 0.25) is 0 Å². The summed E-state index contributed by atoms with van der Waals surface area (Å²) in [6.45, 7) is 3.50. The number of carbonyl (C=O) groups is 1. The van der Waals surface area contributed by atoms with Crippen LogP contribution in [0.25, 0.3) is 11.1 Å². The number of aliphatic hydroxyl groups is 1. The number of rotatable bonds is 6. The maximum Gasteiger partial charge on any atom is 0.573 e. The Morgan fingerprint density at radius 2 is 2.07 bits per heavy atom. The number of carbonyl (C=O) groups excluding carboxylic acids is 1. The van der Waals surface area contributed by atoms with E-state index in [-0.39, 0.29) is 18.7 Å². The van der Waals surface area contributed by atoms with E-state index in [0.29, 0.717) is 53.5 Å². The van der Waals surface area contributed by atoms with Gasteiger partial charge in [0.05, 0.1) is 13.2 Å². The van der Waals surface area contributed by atoms with Gasteiger partial charge in [-0.25, -0.2) is 4.39 Å². The molecule has 1 amide bonds. The molecule has 0 saturated heterocycles. The number of halogens is 4. The largest absolute Gasteiger partial charge is 0.573 e. The Labute approximate surface area is 169 Å². The van der Waals surface area contributed by atoms with Crippen LogP contribution >= 0.6 is 0 Å². The van der Waals surface area contributed by atoms with E-state index in [1.54, 1.807) is 6.07 Å². The Morgan fingerprint density at radius 3 is 2.70 bits per heavy atom. The Morgan fingerprint density at radius 1 is 1.30 bits per heavy atom. The monoisotopic (exact) mass is 425 g/mol. The number of ether oxygens (including phenoxy) is 2. The van der Waals surface area contributed by atoms with Crippen molar-refractivity contribution in [3.05, 3.63) is 59.4 Å². The molecule has 0 radical (unpaired) electrons. The van der Waals surface area contributed by atoms with Gasteiger partial charge in [0.2, 0.25) is 5.91 Å². The molecule has 0 unspecified atom stereocenters. The lowest BCUT2D eigenvalue weighted by molar-refractivity contribution is -0.274.